The molecule has 0 aliphatic carbocycles. The summed E-state index contributed by atoms with van der Waals surface area (Å²) in [6, 6.07) is 0. The van der Waals surface area contributed by atoms with Gasteiger partial charge in [-0.25, -0.2) is 0 Å². The van der Waals surface area contributed by atoms with E-state index in [-0.39, 0.29) is 0 Å². The topological polar surface area (TPSA) is 9.23 Å². The van der Waals surface area contributed by atoms with Gasteiger partial charge in [-0.1, -0.05) is 18.1 Å². The van der Waals surface area contributed by atoms with Crippen molar-refractivity contribution >= 4 is 11.6 Å². The Balaban J connectivity index is 3.15. The Labute approximate surface area is 79.8 Å². The minimum absolute atomic E-state index is 0.551. The van der Waals surface area contributed by atoms with Crippen molar-refractivity contribution < 1.29 is 4.74 Å². The molecule has 0 atom stereocenters. The molecular formula is C10H15ClO. The summed E-state index contributed by atoms with van der Waals surface area (Å²) in [5.74, 6) is 6.52. The molecule has 0 aromatic heterocycles. The van der Waals surface area contributed by atoms with Crippen molar-refractivity contribution in [2.45, 2.75) is 19.8 Å². The van der Waals surface area contributed by atoms with Crippen molar-refractivity contribution in [3.63, 3.8) is 0 Å². The molecule has 0 aromatic carbocycles. The number of ether oxygens (including phenoxy) is 1. The molecule has 0 fully saturated rings. The van der Waals surface area contributed by atoms with Crippen molar-refractivity contribution in [3.8, 4) is 11.8 Å². The van der Waals surface area contributed by atoms with Crippen molar-refractivity contribution in [2.24, 2.45) is 0 Å². The van der Waals surface area contributed by atoms with Gasteiger partial charge in [0.25, 0.3) is 0 Å². The van der Waals surface area contributed by atoms with Crippen LogP contribution in [-0.2, 0) is 4.74 Å². The highest BCUT2D eigenvalue weighted by atomic mass is 35.5. The van der Waals surface area contributed by atoms with Gasteiger partial charge in [-0.15, -0.1) is 17.5 Å². The normalized spacial score (nSPS) is 9.83. The first-order valence-electron chi connectivity index (χ1n) is 4.16. The minimum atomic E-state index is 0.551. The van der Waals surface area contributed by atoms with Gasteiger partial charge in [-0.05, 0) is 13.3 Å². The number of rotatable bonds is 5. The summed E-state index contributed by atoms with van der Waals surface area (Å²) >= 11 is 5.44. The Morgan fingerprint density at radius 1 is 1.33 bits per heavy atom. The molecule has 0 amide bonds. The number of allylic oxidation sites excluding steroid dienone is 2. The van der Waals surface area contributed by atoms with Crippen molar-refractivity contribution in [3.05, 3.63) is 12.2 Å². The van der Waals surface area contributed by atoms with Gasteiger partial charge in [0.05, 0.1) is 0 Å². The maximum atomic E-state index is 5.44. The second-order valence-corrected chi connectivity index (χ2v) is 2.46. The first kappa shape index (κ1) is 11.6. The van der Waals surface area contributed by atoms with E-state index in [1.54, 1.807) is 0 Å². The van der Waals surface area contributed by atoms with Crippen molar-refractivity contribution in [1.29, 1.82) is 0 Å². The molecule has 0 spiro atoms. The lowest BCUT2D eigenvalue weighted by molar-refractivity contribution is 0.182. The molecule has 12 heavy (non-hydrogen) atoms. The Morgan fingerprint density at radius 3 is 2.83 bits per heavy atom. The second-order valence-electron chi connectivity index (χ2n) is 2.16. The predicted octanol–water partition coefficient (Wildman–Crippen LogP) is 2.60. The van der Waals surface area contributed by atoms with Crippen LogP contribution < -0.4 is 0 Å². The van der Waals surface area contributed by atoms with Gasteiger partial charge in [0.1, 0.15) is 6.61 Å². The van der Waals surface area contributed by atoms with E-state index in [0.717, 1.165) is 19.4 Å². The first-order chi connectivity index (χ1) is 5.91. The third-order valence-electron chi connectivity index (χ3n) is 1.20. The van der Waals surface area contributed by atoms with E-state index in [4.69, 9.17) is 16.3 Å². The molecule has 0 aliphatic rings. The maximum absolute atomic E-state index is 5.44. The Hall–Kier alpha value is -0.450. The molecule has 0 N–H and O–H groups in total. The molecule has 0 unspecified atom stereocenters. The molecule has 0 saturated heterocycles. The second kappa shape index (κ2) is 10.6. The molecule has 0 rings (SSSR count). The molecule has 0 radical (unpaired) electrons. The van der Waals surface area contributed by atoms with Gasteiger partial charge in [-0.2, -0.15) is 0 Å². The van der Waals surface area contributed by atoms with Crippen molar-refractivity contribution in [2.75, 3.05) is 19.1 Å². The standard InChI is InChI=1S/C10H15ClO/c1-2-12-10-8-6-4-3-5-7-9-11/h5,7H,2-4,9-10H2,1H3/b7-5-. The number of alkyl halides is 1. The van der Waals surface area contributed by atoms with Crippen LogP contribution >= 0.6 is 11.6 Å². The molecule has 68 valence electrons. The zero-order valence-corrected chi connectivity index (χ0v) is 8.23. The molecular weight excluding hydrogens is 172 g/mol. The average Bonchev–Trinajstić information content (AvgIpc) is 2.10. The van der Waals surface area contributed by atoms with E-state index in [1.807, 2.05) is 19.1 Å². The van der Waals surface area contributed by atoms with Crippen LogP contribution in [0.2, 0.25) is 0 Å². The molecule has 1 nitrogen and oxygen atoms in total. The SMILES string of the molecule is CCOCC#CCC/C=C\CCl. The predicted molar refractivity (Wildman–Crippen MR) is 53.4 cm³/mol. The fraction of sp³-hybridized carbons (Fsp3) is 0.600. The lowest BCUT2D eigenvalue weighted by atomic mass is 10.3. The summed E-state index contributed by atoms with van der Waals surface area (Å²) in [6.07, 6.45) is 5.85. The average molecular weight is 187 g/mol. The zero-order chi connectivity index (χ0) is 9.07. The first-order valence-corrected chi connectivity index (χ1v) is 4.69. The lowest BCUT2D eigenvalue weighted by Crippen LogP contribution is -1.88. The van der Waals surface area contributed by atoms with E-state index in [9.17, 15) is 0 Å². The maximum Gasteiger partial charge on any atom is 0.107 e. The van der Waals surface area contributed by atoms with Gasteiger partial charge in [0.15, 0.2) is 0 Å². The summed E-state index contributed by atoms with van der Waals surface area (Å²) in [5.41, 5.74) is 0. The van der Waals surface area contributed by atoms with Gasteiger partial charge in [-0.3, -0.25) is 0 Å². The van der Waals surface area contributed by atoms with Crippen LogP contribution in [0.1, 0.15) is 19.8 Å². The third kappa shape index (κ3) is 9.55. The number of unbranched alkanes of at least 4 members (excludes halogenated alkanes) is 1. The van der Waals surface area contributed by atoms with Crippen LogP contribution in [0.25, 0.3) is 0 Å². The van der Waals surface area contributed by atoms with Gasteiger partial charge in [0, 0.05) is 18.9 Å². The smallest absolute Gasteiger partial charge is 0.107 e. The summed E-state index contributed by atoms with van der Waals surface area (Å²) in [5, 5.41) is 0. The Kier molecular flexibility index (Phi) is 10.2. The van der Waals surface area contributed by atoms with E-state index in [0.29, 0.717) is 12.5 Å². The quantitative estimate of drug-likeness (QED) is 0.278. The molecule has 0 aliphatic heterocycles. The van der Waals surface area contributed by atoms with Gasteiger partial charge >= 0.3 is 0 Å². The summed E-state index contributed by atoms with van der Waals surface area (Å²) in [4.78, 5) is 0. The monoisotopic (exact) mass is 186 g/mol. The van der Waals surface area contributed by atoms with Crippen LogP contribution in [-0.4, -0.2) is 19.1 Å². The number of hydrogen-bond donors (Lipinski definition) is 0. The molecule has 0 saturated carbocycles. The fourth-order valence-corrected chi connectivity index (χ4v) is 0.755. The van der Waals surface area contributed by atoms with E-state index in [2.05, 4.69) is 11.8 Å². The van der Waals surface area contributed by atoms with Crippen LogP contribution in [0.15, 0.2) is 12.2 Å². The highest BCUT2D eigenvalue weighted by Crippen LogP contribution is 1.89. The summed E-state index contributed by atoms with van der Waals surface area (Å²) in [6.45, 7) is 3.25. The van der Waals surface area contributed by atoms with E-state index < -0.39 is 0 Å². The van der Waals surface area contributed by atoms with Crippen LogP contribution in [0.5, 0.6) is 0 Å². The summed E-state index contributed by atoms with van der Waals surface area (Å²) < 4.78 is 5.05. The largest absolute Gasteiger partial charge is 0.369 e. The van der Waals surface area contributed by atoms with Gasteiger partial charge < -0.3 is 4.74 Å². The highest BCUT2D eigenvalue weighted by molar-refractivity contribution is 6.18. The molecule has 0 heterocycles. The molecule has 2 heteroatoms. The lowest BCUT2D eigenvalue weighted by Gasteiger charge is -1.88. The Morgan fingerprint density at radius 2 is 2.17 bits per heavy atom. The zero-order valence-electron chi connectivity index (χ0n) is 7.48. The van der Waals surface area contributed by atoms with Crippen LogP contribution in [0.3, 0.4) is 0 Å². The molecule has 0 bridgehead atoms. The van der Waals surface area contributed by atoms with Gasteiger partial charge in [0.2, 0.25) is 0 Å². The van der Waals surface area contributed by atoms with E-state index in [1.165, 1.54) is 0 Å². The summed E-state index contributed by atoms with van der Waals surface area (Å²) in [7, 11) is 0. The third-order valence-corrected chi connectivity index (χ3v) is 1.37. The van der Waals surface area contributed by atoms with E-state index >= 15 is 0 Å². The fourth-order valence-electron chi connectivity index (χ4n) is 0.629. The minimum Gasteiger partial charge on any atom is -0.369 e. The Bertz CT molecular complexity index is 164. The van der Waals surface area contributed by atoms with Crippen LogP contribution in [0.4, 0.5) is 0 Å². The number of halogens is 1. The van der Waals surface area contributed by atoms with Crippen LogP contribution in [0, 0.1) is 11.8 Å². The highest BCUT2D eigenvalue weighted by Gasteiger charge is 1.76. The number of hydrogen-bond acceptors (Lipinski definition) is 1. The molecule has 0 aromatic rings. The van der Waals surface area contributed by atoms with Crippen molar-refractivity contribution in [1.82, 2.24) is 0 Å².